The van der Waals surface area contributed by atoms with Gasteiger partial charge in [0.25, 0.3) is 5.91 Å². The van der Waals surface area contributed by atoms with Gasteiger partial charge in [-0.05, 0) is 19.3 Å². The van der Waals surface area contributed by atoms with Gasteiger partial charge in [0.2, 0.25) is 0 Å². The summed E-state index contributed by atoms with van der Waals surface area (Å²) in [5.41, 5.74) is 0.512. The molecule has 6 nitrogen and oxygen atoms in total. The first-order valence-corrected chi connectivity index (χ1v) is 8.91. The monoisotopic (exact) mass is 358 g/mol. The predicted molar refractivity (Wildman–Crippen MR) is 87.5 cm³/mol. The molecule has 0 spiro atoms. The van der Waals surface area contributed by atoms with E-state index in [4.69, 9.17) is 21.1 Å². The molecule has 1 aromatic heterocycles. The van der Waals surface area contributed by atoms with E-state index < -0.39 is 0 Å². The van der Waals surface area contributed by atoms with Crippen LogP contribution in [0.3, 0.4) is 0 Å². The molecule has 2 aliphatic rings. The third kappa shape index (κ3) is 3.26. The van der Waals surface area contributed by atoms with Crippen molar-refractivity contribution in [3.63, 3.8) is 0 Å². The minimum atomic E-state index is -0.229. The van der Waals surface area contributed by atoms with E-state index >= 15 is 0 Å². The molecule has 2 amide bonds. The number of ether oxygens (including phenoxy) is 2. The Morgan fingerprint density at radius 1 is 1.39 bits per heavy atom. The van der Waals surface area contributed by atoms with E-state index in [9.17, 15) is 9.59 Å². The molecule has 0 atom stereocenters. The molecular formula is C15H19ClN2O4S. The van der Waals surface area contributed by atoms with Gasteiger partial charge in [-0.1, -0.05) is 11.6 Å². The Bertz CT molecular complexity index is 598. The van der Waals surface area contributed by atoms with Crippen molar-refractivity contribution in [2.24, 2.45) is 0 Å². The fraction of sp³-hybridized carbons (Fsp3) is 0.600. The quantitative estimate of drug-likeness (QED) is 0.833. The molecule has 8 heteroatoms. The Morgan fingerprint density at radius 3 is 2.78 bits per heavy atom. The Morgan fingerprint density at radius 2 is 2.13 bits per heavy atom. The van der Waals surface area contributed by atoms with Crippen LogP contribution in [0.25, 0.3) is 0 Å². The molecule has 0 bridgehead atoms. The molecule has 2 saturated heterocycles. The minimum Gasteiger partial charge on any atom is -0.493 e. The van der Waals surface area contributed by atoms with Gasteiger partial charge in [0.1, 0.15) is 4.34 Å². The van der Waals surface area contributed by atoms with E-state index in [2.05, 4.69) is 0 Å². The van der Waals surface area contributed by atoms with Crippen molar-refractivity contribution in [2.75, 3.05) is 33.4 Å². The number of amides is 2. The molecule has 2 fully saturated rings. The van der Waals surface area contributed by atoms with Gasteiger partial charge in [-0.2, -0.15) is 0 Å². The van der Waals surface area contributed by atoms with Crippen molar-refractivity contribution in [1.29, 1.82) is 0 Å². The maximum atomic E-state index is 12.6. The predicted octanol–water partition coefficient (Wildman–Crippen LogP) is 2.86. The second-order valence-corrected chi connectivity index (χ2v) is 7.12. The zero-order valence-corrected chi connectivity index (χ0v) is 14.5. The first-order chi connectivity index (χ1) is 11.1. The molecule has 0 aromatic carbocycles. The number of carbonyl (C=O) groups is 2. The summed E-state index contributed by atoms with van der Waals surface area (Å²) in [4.78, 5) is 28.0. The van der Waals surface area contributed by atoms with E-state index in [1.807, 2.05) is 0 Å². The summed E-state index contributed by atoms with van der Waals surface area (Å²) in [5, 5.41) is 1.73. The summed E-state index contributed by atoms with van der Waals surface area (Å²) in [6.07, 6.45) is 2.17. The number of hydrogen-bond acceptors (Lipinski definition) is 5. The SMILES string of the molecule is COc1c(C(=O)N2CCC(N3CCCOC3=O)CC2)csc1Cl. The van der Waals surface area contributed by atoms with Crippen LogP contribution in [0, 0.1) is 0 Å². The van der Waals surface area contributed by atoms with Crippen LogP contribution in [0.2, 0.25) is 4.34 Å². The second-order valence-electron chi connectivity index (χ2n) is 5.64. The van der Waals surface area contributed by atoms with Crippen molar-refractivity contribution < 1.29 is 19.1 Å². The number of nitrogens with zero attached hydrogens (tertiary/aromatic N) is 2. The van der Waals surface area contributed by atoms with Crippen LogP contribution >= 0.6 is 22.9 Å². The van der Waals surface area contributed by atoms with Gasteiger partial charge in [0, 0.05) is 31.1 Å². The van der Waals surface area contributed by atoms with Crippen LogP contribution in [0.5, 0.6) is 5.75 Å². The first-order valence-electron chi connectivity index (χ1n) is 7.65. The Labute approximate surface area is 143 Å². The van der Waals surface area contributed by atoms with E-state index in [0.717, 1.165) is 25.8 Å². The third-order valence-corrected chi connectivity index (χ3v) is 5.52. The Hall–Kier alpha value is -1.47. The molecule has 0 unspecified atom stereocenters. The minimum absolute atomic E-state index is 0.0651. The summed E-state index contributed by atoms with van der Waals surface area (Å²) in [6, 6.07) is 0.153. The molecule has 1 aromatic rings. The lowest BCUT2D eigenvalue weighted by molar-refractivity contribution is 0.0356. The average Bonchev–Trinajstić information content (AvgIpc) is 2.95. The van der Waals surface area contributed by atoms with E-state index in [1.54, 1.807) is 15.2 Å². The molecule has 126 valence electrons. The van der Waals surface area contributed by atoms with E-state index in [1.165, 1.54) is 18.4 Å². The van der Waals surface area contributed by atoms with Gasteiger partial charge in [0.05, 0.1) is 19.3 Å². The molecular weight excluding hydrogens is 340 g/mol. The van der Waals surface area contributed by atoms with Crippen LogP contribution in [-0.4, -0.2) is 61.2 Å². The number of carbonyl (C=O) groups excluding carboxylic acids is 2. The molecule has 0 aliphatic carbocycles. The zero-order chi connectivity index (χ0) is 16.4. The van der Waals surface area contributed by atoms with E-state index in [0.29, 0.717) is 35.3 Å². The number of hydrogen-bond donors (Lipinski definition) is 0. The lowest BCUT2D eigenvalue weighted by Gasteiger charge is -2.39. The van der Waals surface area contributed by atoms with Crippen molar-refractivity contribution >= 4 is 34.9 Å². The number of methoxy groups -OCH3 is 1. The molecule has 3 heterocycles. The van der Waals surface area contributed by atoms with Crippen LogP contribution < -0.4 is 4.74 Å². The maximum Gasteiger partial charge on any atom is 0.410 e. The normalized spacial score (nSPS) is 19.7. The van der Waals surface area contributed by atoms with Crippen LogP contribution in [0.15, 0.2) is 5.38 Å². The number of rotatable bonds is 3. The number of piperidine rings is 1. The van der Waals surface area contributed by atoms with Gasteiger partial charge in [0.15, 0.2) is 5.75 Å². The van der Waals surface area contributed by atoms with E-state index in [-0.39, 0.29) is 18.0 Å². The van der Waals surface area contributed by atoms with Gasteiger partial charge in [-0.25, -0.2) is 4.79 Å². The summed E-state index contributed by atoms with van der Waals surface area (Å²) < 4.78 is 10.8. The fourth-order valence-corrected chi connectivity index (χ4v) is 4.15. The van der Waals surface area contributed by atoms with Crippen molar-refractivity contribution in [3.8, 4) is 5.75 Å². The van der Waals surface area contributed by atoms with Crippen molar-refractivity contribution in [3.05, 3.63) is 15.3 Å². The molecule has 23 heavy (non-hydrogen) atoms. The smallest absolute Gasteiger partial charge is 0.410 e. The summed E-state index contributed by atoms with van der Waals surface area (Å²) in [6.45, 7) is 2.48. The fourth-order valence-electron chi connectivity index (χ4n) is 3.11. The highest BCUT2D eigenvalue weighted by molar-refractivity contribution is 7.15. The topological polar surface area (TPSA) is 59.1 Å². The largest absolute Gasteiger partial charge is 0.493 e. The molecule has 3 rings (SSSR count). The van der Waals surface area contributed by atoms with Gasteiger partial charge < -0.3 is 19.3 Å². The summed E-state index contributed by atoms with van der Waals surface area (Å²) in [5.74, 6) is 0.382. The number of likely N-dealkylation sites (tertiary alicyclic amines) is 1. The molecule has 0 radical (unpaired) electrons. The van der Waals surface area contributed by atoms with Crippen molar-refractivity contribution in [2.45, 2.75) is 25.3 Å². The highest BCUT2D eigenvalue weighted by atomic mass is 35.5. The standard InChI is InChI=1S/C15H19ClN2O4S/c1-21-12-11(9-23-13(12)16)14(19)17-6-3-10(4-7-17)18-5-2-8-22-15(18)20/h9-10H,2-8H2,1H3. The second kappa shape index (κ2) is 6.97. The highest BCUT2D eigenvalue weighted by Crippen LogP contribution is 2.36. The number of cyclic esters (lactones) is 1. The van der Waals surface area contributed by atoms with Gasteiger partial charge in [-0.15, -0.1) is 11.3 Å². The first kappa shape index (κ1) is 16.4. The summed E-state index contributed by atoms with van der Waals surface area (Å²) in [7, 11) is 1.51. The molecule has 0 N–H and O–H groups in total. The van der Waals surface area contributed by atoms with Crippen LogP contribution in [0.4, 0.5) is 4.79 Å². The van der Waals surface area contributed by atoms with Gasteiger partial charge in [-0.3, -0.25) is 4.79 Å². The maximum absolute atomic E-state index is 12.6. The Kier molecular flexibility index (Phi) is 4.96. The number of halogens is 1. The Balaban J connectivity index is 1.62. The summed E-state index contributed by atoms with van der Waals surface area (Å²) >= 11 is 7.33. The highest BCUT2D eigenvalue weighted by Gasteiger charge is 2.33. The zero-order valence-electron chi connectivity index (χ0n) is 12.9. The lowest BCUT2D eigenvalue weighted by atomic mass is 10.0. The number of thiophene rings is 1. The van der Waals surface area contributed by atoms with Gasteiger partial charge >= 0.3 is 6.09 Å². The average molecular weight is 359 g/mol. The van der Waals surface area contributed by atoms with Crippen LogP contribution in [0.1, 0.15) is 29.6 Å². The van der Waals surface area contributed by atoms with Crippen LogP contribution in [-0.2, 0) is 4.74 Å². The van der Waals surface area contributed by atoms with Crippen molar-refractivity contribution in [1.82, 2.24) is 9.80 Å². The lowest BCUT2D eigenvalue weighted by Crippen LogP contribution is -2.50. The molecule has 0 saturated carbocycles. The molecule has 2 aliphatic heterocycles. The third-order valence-electron chi connectivity index (χ3n) is 4.33.